The highest BCUT2D eigenvalue weighted by Gasteiger charge is 2.56. The molecule has 9 heteroatoms. The summed E-state index contributed by atoms with van der Waals surface area (Å²) < 4.78 is 10.4. The number of amides is 2. The van der Waals surface area contributed by atoms with Crippen LogP contribution >= 0.6 is 11.6 Å². The van der Waals surface area contributed by atoms with Crippen LogP contribution in [-0.4, -0.2) is 47.8 Å². The van der Waals surface area contributed by atoms with Gasteiger partial charge in [0.25, 0.3) is 11.8 Å². The van der Waals surface area contributed by atoms with Gasteiger partial charge in [-0.25, -0.2) is 4.79 Å². The van der Waals surface area contributed by atoms with E-state index in [1.165, 1.54) is 25.5 Å². The number of fused-ring (bicyclic) bond motifs is 1. The lowest BCUT2D eigenvalue weighted by Gasteiger charge is -2.37. The first kappa shape index (κ1) is 19.4. The van der Waals surface area contributed by atoms with Crippen molar-refractivity contribution in [1.82, 2.24) is 5.01 Å². The summed E-state index contributed by atoms with van der Waals surface area (Å²) in [6.07, 6.45) is 7.30. The molecule has 0 radical (unpaired) electrons. The van der Waals surface area contributed by atoms with Gasteiger partial charge in [-0.2, -0.15) is 10.1 Å². The fraction of sp³-hybridized carbons (Fsp3) is 0.400. The molecule has 5 rings (SSSR count). The van der Waals surface area contributed by atoms with Crippen LogP contribution in [0, 0.1) is 23.7 Å². The minimum absolute atomic E-state index is 0.0933. The number of rotatable bonds is 6. The molecule has 1 aromatic carbocycles. The first-order chi connectivity index (χ1) is 13.9. The third-order valence-corrected chi connectivity index (χ3v) is 5.93. The number of carboxylic acids is 1. The summed E-state index contributed by atoms with van der Waals surface area (Å²) in [6.45, 7) is -0.570. The number of benzene rings is 1. The third-order valence-electron chi connectivity index (χ3n) is 5.65. The van der Waals surface area contributed by atoms with Gasteiger partial charge in [-0.15, -0.1) is 0 Å². The Balaban J connectivity index is 1.56. The fourth-order valence-electron chi connectivity index (χ4n) is 4.38. The quantitative estimate of drug-likeness (QED) is 0.432. The maximum atomic E-state index is 12.8. The molecule has 29 heavy (non-hydrogen) atoms. The molecular weight excluding hydrogens is 400 g/mol. The molecule has 4 aliphatic rings. The van der Waals surface area contributed by atoms with Crippen molar-refractivity contribution in [2.45, 2.75) is 12.8 Å². The number of methoxy groups -OCH3 is 1. The highest BCUT2D eigenvalue weighted by atomic mass is 35.5. The van der Waals surface area contributed by atoms with Crippen LogP contribution in [0.4, 0.5) is 0 Å². The Morgan fingerprint density at radius 3 is 2.38 bits per heavy atom. The third kappa shape index (κ3) is 3.37. The molecular formula is C20H19ClN2O6. The van der Waals surface area contributed by atoms with E-state index < -0.39 is 12.6 Å². The van der Waals surface area contributed by atoms with Gasteiger partial charge < -0.3 is 14.6 Å². The number of imide groups is 1. The number of carbonyl (C=O) groups is 3. The highest BCUT2D eigenvalue weighted by Crippen LogP contribution is 2.49. The van der Waals surface area contributed by atoms with E-state index in [2.05, 4.69) is 5.10 Å². The van der Waals surface area contributed by atoms with Crippen molar-refractivity contribution in [3.05, 3.63) is 34.9 Å². The second kappa shape index (κ2) is 7.51. The Hall–Kier alpha value is -2.87. The minimum atomic E-state index is -1.15. The Labute approximate surface area is 171 Å². The van der Waals surface area contributed by atoms with Crippen LogP contribution in [0.25, 0.3) is 0 Å². The SMILES string of the molecule is COc1cc(/C=N/N2C(=O)C3C4C=CC(CC4)C3C2=O)cc(Cl)c1OCC(=O)O. The van der Waals surface area contributed by atoms with Gasteiger partial charge >= 0.3 is 5.97 Å². The number of carbonyl (C=O) groups excluding carboxylic acids is 2. The number of hydrogen-bond acceptors (Lipinski definition) is 6. The van der Waals surface area contributed by atoms with E-state index in [9.17, 15) is 14.4 Å². The summed E-state index contributed by atoms with van der Waals surface area (Å²) in [6, 6.07) is 3.03. The molecule has 2 amide bonds. The molecule has 0 spiro atoms. The van der Waals surface area contributed by atoms with Gasteiger partial charge in [0, 0.05) is 0 Å². The number of aliphatic carboxylic acids is 1. The zero-order valence-corrected chi connectivity index (χ0v) is 16.3. The van der Waals surface area contributed by atoms with E-state index in [1.54, 1.807) is 0 Å². The maximum absolute atomic E-state index is 12.8. The molecule has 4 unspecified atom stereocenters. The number of nitrogens with zero attached hydrogens (tertiary/aromatic N) is 2. The first-order valence-corrected chi connectivity index (χ1v) is 9.60. The number of hydrogen-bond donors (Lipinski definition) is 1. The molecule has 0 aromatic heterocycles. The van der Waals surface area contributed by atoms with Gasteiger partial charge in [0.1, 0.15) is 0 Å². The van der Waals surface area contributed by atoms with Crippen LogP contribution in [0.2, 0.25) is 5.02 Å². The summed E-state index contributed by atoms with van der Waals surface area (Å²) in [5.41, 5.74) is 0.478. The molecule has 1 N–H and O–H groups in total. The molecule has 3 aliphatic carbocycles. The second-order valence-electron chi connectivity index (χ2n) is 7.29. The van der Waals surface area contributed by atoms with E-state index >= 15 is 0 Å². The monoisotopic (exact) mass is 418 g/mol. The predicted molar refractivity (Wildman–Crippen MR) is 103 cm³/mol. The van der Waals surface area contributed by atoms with Crippen molar-refractivity contribution in [1.29, 1.82) is 0 Å². The average molecular weight is 419 g/mol. The largest absolute Gasteiger partial charge is 0.493 e. The number of carboxylic acid groups (broad SMARTS) is 1. The number of halogens is 1. The van der Waals surface area contributed by atoms with E-state index in [-0.39, 0.29) is 52.0 Å². The Bertz CT molecular complexity index is 911. The average Bonchev–Trinajstić information content (AvgIpc) is 2.98. The lowest BCUT2D eigenvalue weighted by molar-refractivity contribution is -0.141. The van der Waals surface area contributed by atoms with Gasteiger partial charge in [0.05, 0.1) is 30.2 Å². The van der Waals surface area contributed by atoms with Crippen LogP contribution in [0.15, 0.2) is 29.4 Å². The van der Waals surface area contributed by atoms with Gasteiger partial charge in [0.2, 0.25) is 0 Å². The zero-order chi connectivity index (χ0) is 20.7. The lowest BCUT2D eigenvalue weighted by atomic mass is 9.63. The predicted octanol–water partition coefficient (Wildman–Crippen LogP) is 2.34. The van der Waals surface area contributed by atoms with Crippen molar-refractivity contribution in [3.8, 4) is 11.5 Å². The summed E-state index contributed by atoms with van der Waals surface area (Å²) >= 11 is 6.18. The Morgan fingerprint density at radius 1 is 1.24 bits per heavy atom. The number of allylic oxidation sites excluding steroid dienone is 2. The topological polar surface area (TPSA) is 106 Å². The summed E-state index contributed by atoms with van der Waals surface area (Å²) in [5, 5.41) is 14.0. The minimum Gasteiger partial charge on any atom is -0.493 e. The van der Waals surface area contributed by atoms with Crippen LogP contribution < -0.4 is 9.47 Å². The molecule has 1 saturated heterocycles. The van der Waals surface area contributed by atoms with Crippen LogP contribution in [0.1, 0.15) is 18.4 Å². The van der Waals surface area contributed by atoms with Crippen LogP contribution in [0.5, 0.6) is 11.5 Å². The van der Waals surface area contributed by atoms with Gasteiger partial charge in [-0.05, 0) is 42.4 Å². The normalized spacial score (nSPS) is 27.6. The van der Waals surface area contributed by atoms with Gasteiger partial charge in [0.15, 0.2) is 18.1 Å². The molecule has 8 nitrogen and oxygen atoms in total. The van der Waals surface area contributed by atoms with Crippen LogP contribution in [-0.2, 0) is 14.4 Å². The molecule has 152 valence electrons. The summed E-state index contributed by atoms with van der Waals surface area (Å²) in [7, 11) is 1.39. The summed E-state index contributed by atoms with van der Waals surface area (Å²) in [4.78, 5) is 36.3. The standard InChI is InChI=1S/C20H19ClN2O6/c1-28-14-7-10(6-13(21)18(14)29-9-15(24)25)8-22-23-19(26)16-11-2-3-12(5-4-11)17(16)20(23)27/h2-3,6-8,11-12,16-17H,4-5,9H2,1H3,(H,24,25)/b22-8+. The Morgan fingerprint density at radius 2 is 1.86 bits per heavy atom. The molecule has 4 atom stereocenters. The molecule has 1 saturated carbocycles. The highest BCUT2D eigenvalue weighted by molar-refractivity contribution is 6.32. The molecule has 1 aliphatic heterocycles. The Kier molecular flexibility index (Phi) is 5.04. The van der Waals surface area contributed by atoms with E-state index in [0.29, 0.717) is 5.56 Å². The van der Waals surface area contributed by atoms with Crippen molar-refractivity contribution < 1.29 is 29.0 Å². The van der Waals surface area contributed by atoms with E-state index in [1.807, 2.05) is 12.2 Å². The fourth-order valence-corrected chi connectivity index (χ4v) is 4.66. The summed E-state index contributed by atoms with van der Waals surface area (Å²) in [5.74, 6) is -1.83. The molecule has 2 bridgehead atoms. The lowest BCUT2D eigenvalue weighted by Crippen LogP contribution is -2.38. The molecule has 1 heterocycles. The van der Waals surface area contributed by atoms with Crippen LogP contribution in [0.3, 0.4) is 0 Å². The van der Waals surface area contributed by atoms with Crippen molar-refractivity contribution >= 4 is 35.6 Å². The van der Waals surface area contributed by atoms with Crippen molar-refractivity contribution in [2.75, 3.05) is 13.7 Å². The smallest absolute Gasteiger partial charge is 0.341 e. The van der Waals surface area contributed by atoms with Crippen molar-refractivity contribution in [3.63, 3.8) is 0 Å². The van der Waals surface area contributed by atoms with Crippen molar-refractivity contribution in [2.24, 2.45) is 28.8 Å². The second-order valence-corrected chi connectivity index (χ2v) is 7.70. The zero-order valence-electron chi connectivity index (χ0n) is 15.6. The van der Waals surface area contributed by atoms with Gasteiger partial charge in [-0.3, -0.25) is 9.59 Å². The maximum Gasteiger partial charge on any atom is 0.341 e. The van der Waals surface area contributed by atoms with E-state index in [0.717, 1.165) is 17.9 Å². The first-order valence-electron chi connectivity index (χ1n) is 9.23. The molecule has 1 aromatic rings. The number of ether oxygens (including phenoxy) is 2. The number of hydrazone groups is 1. The van der Waals surface area contributed by atoms with E-state index in [4.69, 9.17) is 26.2 Å². The van der Waals surface area contributed by atoms with Gasteiger partial charge in [-0.1, -0.05) is 23.8 Å². The molecule has 2 fully saturated rings.